The normalized spacial score (nSPS) is 15.0. The molecule has 2 aromatic rings. The lowest BCUT2D eigenvalue weighted by Gasteiger charge is -2.20. The van der Waals surface area contributed by atoms with Gasteiger partial charge in [0.25, 0.3) is 0 Å². The van der Waals surface area contributed by atoms with Crippen LogP contribution in [0.25, 0.3) is 0 Å². The van der Waals surface area contributed by atoms with Gasteiger partial charge < -0.3 is 9.73 Å². The SMILES string of the molecule is CCCNCc1ccc(CN(Cc2ccsc2)C2CC2)o1. The van der Waals surface area contributed by atoms with Crippen LogP contribution in [0.15, 0.2) is 33.4 Å². The third kappa shape index (κ3) is 4.43. The average molecular weight is 304 g/mol. The van der Waals surface area contributed by atoms with Crippen LogP contribution in [0.5, 0.6) is 0 Å². The van der Waals surface area contributed by atoms with Crippen LogP contribution in [-0.4, -0.2) is 17.5 Å². The van der Waals surface area contributed by atoms with Crippen LogP contribution in [0.3, 0.4) is 0 Å². The molecule has 0 atom stereocenters. The van der Waals surface area contributed by atoms with E-state index in [1.54, 1.807) is 11.3 Å². The average Bonchev–Trinajstić information content (AvgIpc) is 3.03. The quantitative estimate of drug-likeness (QED) is 0.710. The summed E-state index contributed by atoms with van der Waals surface area (Å²) in [5.41, 5.74) is 1.42. The van der Waals surface area contributed by atoms with Crippen LogP contribution in [-0.2, 0) is 19.6 Å². The molecule has 1 aliphatic carbocycles. The third-order valence-electron chi connectivity index (χ3n) is 3.83. The van der Waals surface area contributed by atoms with Crippen LogP contribution >= 0.6 is 11.3 Å². The van der Waals surface area contributed by atoms with Gasteiger partial charge in [0.2, 0.25) is 0 Å². The maximum Gasteiger partial charge on any atom is 0.118 e. The summed E-state index contributed by atoms with van der Waals surface area (Å²) in [5, 5.41) is 7.79. The Labute approximate surface area is 131 Å². The van der Waals surface area contributed by atoms with E-state index in [1.807, 2.05) is 0 Å². The van der Waals surface area contributed by atoms with Crippen molar-refractivity contribution in [1.82, 2.24) is 10.2 Å². The molecule has 0 radical (unpaired) electrons. The predicted molar refractivity (Wildman–Crippen MR) is 87.3 cm³/mol. The molecule has 3 rings (SSSR count). The highest BCUT2D eigenvalue weighted by molar-refractivity contribution is 7.07. The Morgan fingerprint density at radius 2 is 2.10 bits per heavy atom. The Balaban J connectivity index is 1.55. The summed E-state index contributed by atoms with van der Waals surface area (Å²) in [7, 11) is 0. The number of thiophene rings is 1. The zero-order valence-corrected chi connectivity index (χ0v) is 13.5. The first kappa shape index (κ1) is 14.8. The Hall–Kier alpha value is -1.10. The second kappa shape index (κ2) is 7.25. The molecule has 0 amide bonds. The van der Waals surface area contributed by atoms with Crippen LogP contribution in [0.2, 0.25) is 0 Å². The lowest BCUT2D eigenvalue weighted by Crippen LogP contribution is -2.24. The van der Waals surface area contributed by atoms with E-state index in [0.717, 1.165) is 50.2 Å². The number of furan rings is 1. The molecule has 1 aliphatic rings. The number of nitrogens with zero attached hydrogens (tertiary/aromatic N) is 1. The van der Waals surface area contributed by atoms with E-state index < -0.39 is 0 Å². The minimum absolute atomic E-state index is 0.747. The highest BCUT2D eigenvalue weighted by Gasteiger charge is 2.29. The Morgan fingerprint density at radius 3 is 2.81 bits per heavy atom. The van der Waals surface area contributed by atoms with Gasteiger partial charge in [0.15, 0.2) is 0 Å². The van der Waals surface area contributed by atoms with Crippen molar-refractivity contribution < 1.29 is 4.42 Å². The summed E-state index contributed by atoms with van der Waals surface area (Å²) < 4.78 is 5.96. The molecule has 1 saturated carbocycles. The molecular weight excluding hydrogens is 280 g/mol. The Morgan fingerprint density at radius 1 is 1.24 bits per heavy atom. The third-order valence-corrected chi connectivity index (χ3v) is 4.56. The maximum absolute atomic E-state index is 5.96. The summed E-state index contributed by atoms with van der Waals surface area (Å²) in [6, 6.07) is 7.21. The summed E-state index contributed by atoms with van der Waals surface area (Å²) >= 11 is 1.78. The van der Waals surface area contributed by atoms with Gasteiger partial charge >= 0.3 is 0 Å². The first-order valence-electron chi connectivity index (χ1n) is 7.88. The van der Waals surface area contributed by atoms with Gasteiger partial charge in [-0.15, -0.1) is 0 Å². The second-order valence-corrected chi connectivity index (χ2v) is 6.59. The van der Waals surface area contributed by atoms with E-state index in [1.165, 1.54) is 18.4 Å². The number of nitrogens with one attached hydrogen (secondary N) is 1. The number of rotatable bonds is 9. The van der Waals surface area contributed by atoms with E-state index >= 15 is 0 Å². The second-order valence-electron chi connectivity index (χ2n) is 5.81. The van der Waals surface area contributed by atoms with E-state index in [4.69, 9.17) is 4.42 Å². The van der Waals surface area contributed by atoms with E-state index in [2.05, 4.69) is 46.1 Å². The minimum Gasteiger partial charge on any atom is -0.463 e. The molecule has 2 heterocycles. The van der Waals surface area contributed by atoms with Crippen molar-refractivity contribution in [3.63, 3.8) is 0 Å². The van der Waals surface area contributed by atoms with Crippen molar-refractivity contribution in [3.8, 4) is 0 Å². The Kier molecular flexibility index (Phi) is 5.12. The largest absolute Gasteiger partial charge is 0.463 e. The molecule has 2 aromatic heterocycles. The van der Waals surface area contributed by atoms with Crippen LogP contribution in [0.4, 0.5) is 0 Å². The first-order chi connectivity index (χ1) is 10.3. The van der Waals surface area contributed by atoms with Crippen molar-refractivity contribution in [2.75, 3.05) is 6.54 Å². The highest BCUT2D eigenvalue weighted by atomic mass is 32.1. The topological polar surface area (TPSA) is 28.4 Å². The number of hydrogen-bond donors (Lipinski definition) is 1. The van der Waals surface area contributed by atoms with Crippen molar-refractivity contribution in [1.29, 1.82) is 0 Å². The van der Waals surface area contributed by atoms with Crippen molar-refractivity contribution in [2.45, 2.75) is 51.9 Å². The smallest absolute Gasteiger partial charge is 0.118 e. The van der Waals surface area contributed by atoms with Crippen LogP contribution in [0.1, 0.15) is 43.3 Å². The van der Waals surface area contributed by atoms with Crippen molar-refractivity contribution in [3.05, 3.63) is 46.0 Å². The first-order valence-corrected chi connectivity index (χ1v) is 8.83. The van der Waals surface area contributed by atoms with E-state index in [9.17, 15) is 0 Å². The molecule has 0 aromatic carbocycles. The molecule has 1 fully saturated rings. The lowest BCUT2D eigenvalue weighted by molar-refractivity contribution is 0.223. The van der Waals surface area contributed by atoms with Gasteiger partial charge in [0.1, 0.15) is 11.5 Å². The van der Waals surface area contributed by atoms with Gasteiger partial charge in [0.05, 0.1) is 13.1 Å². The highest BCUT2D eigenvalue weighted by Crippen LogP contribution is 2.30. The summed E-state index contributed by atoms with van der Waals surface area (Å²) in [4.78, 5) is 2.55. The van der Waals surface area contributed by atoms with Gasteiger partial charge in [-0.1, -0.05) is 6.92 Å². The van der Waals surface area contributed by atoms with Crippen molar-refractivity contribution >= 4 is 11.3 Å². The van der Waals surface area contributed by atoms with Gasteiger partial charge in [-0.2, -0.15) is 11.3 Å². The standard InChI is InChI=1S/C17H24N2OS/c1-2-8-18-10-16-5-6-17(20-16)12-19(15-3-4-15)11-14-7-9-21-13-14/h5-7,9,13,15,18H,2-4,8,10-12H2,1H3. The monoisotopic (exact) mass is 304 g/mol. The van der Waals surface area contributed by atoms with Gasteiger partial charge in [-0.25, -0.2) is 0 Å². The van der Waals surface area contributed by atoms with Crippen molar-refractivity contribution in [2.24, 2.45) is 0 Å². The summed E-state index contributed by atoms with van der Waals surface area (Å²) in [6.45, 7) is 6.02. The molecule has 0 bridgehead atoms. The fraction of sp³-hybridized carbons (Fsp3) is 0.529. The Bertz CT molecular complexity index is 531. The predicted octanol–water partition coefficient (Wildman–Crippen LogP) is 4.01. The van der Waals surface area contributed by atoms with Crippen LogP contribution < -0.4 is 5.32 Å². The zero-order valence-electron chi connectivity index (χ0n) is 12.7. The molecule has 0 aliphatic heterocycles. The van der Waals surface area contributed by atoms with Gasteiger partial charge in [-0.05, 0) is 60.3 Å². The van der Waals surface area contributed by atoms with Crippen LogP contribution in [0, 0.1) is 0 Å². The maximum atomic E-state index is 5.96. The molecule has 114 valence electrons. The summed E-state index contributed by atoms with van der Waals surface area (Å²) in [6.07, 6.45) is 3.81. The van der Waals surface area contributed by atoms with Gasteiger partial charge in [0, 0.05) is 12.6 Å². The molecule has 1 N–H and O–H groups in total. The molecule has 4 heteroatoms. The van der Waals surface area contributed by atoms with E-state index in [0.29, 0.717) is 0 Å². The zero-order chi connectivity index (χ0) is 14.5. The summed E-state index contributed by atoms with van der Waals surface area (Å²) in [5.74, 6) is 2.13. The molecule has 3 nitrogen and oxygen atoms in total. The van der Waals surface area contributed by atoms with Gasteiger partial charge in [-0.3, -0.25) is 4.90 Å². The molecular formula is C17H24N2OS. The fourth-order valence-corrected chi connectivity index (χ4v) is 3.22. The molecule has 0 spiro atoms. The molecule has 0 unspecified atom stereocenters. The lowest BCUT2D eigenvalue weighted by atomic mass is 10.3. The molecule has 0 saturated heterocycles. The minimum atomic E-state index is 0.747. The fourth-order valence-electron chi connectivity index (χ4n) is 2.56. The number of hydrogen-bond acceptors (Lipinski definition) is 4. The van der Waals surface area contributed by atoms with E-state index in [-0.39, 0.29) is 0 Å². The molecule has 21 heavy (non-hydrogen) atoms.